The number of hydrogen-bond acceptors (Lipinski definition) is 6. The van der Waals surface area contributed by atoms with Crippen LogP contribution in [0.4, 0.5) is 0 Å². The lowest BCUT2D eigenvalue weighted by Crippen LogP contribution is -2.32. The molecule has 1 N–H and O–H groups in total. The first-order valence-corrected chi connectivity index (χ1v) is 12.8. The molecule has 10 nitrogen and oxygen atoms in total. The predicted octanol–water partition coefficient (Wildman–Crippen LogP) is 1.90. The molecule has 3 aromatic rings. The standard InChI is InChI=1S/C23H28N6O4S/c1-3-27(4-2)34(32,33)20-11-7-17(8-12-20)22(30)25-14-15-28-23(31)29(19-9-10-19)21(26-28)18-6-5-13-24-16-18/h5-8,11-13,16,19H,3-4,9-10,14-15H2,1-2H3,(H,25,30). The molecule has 1 aliphatic carbocycles. The minimum atomic E-state index is -3.58. The summed E-state index contributed by atoms with van der Waals surface area (Å²) in [5.41, 5.74) is 0.904. The fourth-order valence-electron chi connectivity index (χ4n) is 3.79. The smallest absolute Gasteiger partial charge is 0.346 e. The average Bonchev–Trinajstić information content (AvgIpc) is 3.63. The minimum absolute atomic E-state index is 0.146. The molecule has 0 unspecified atom stereocenters. The molecule has 0 bridgehead atoms. The number of amides is 1. The van der Waals surface area contributed by atoms with Crippen molar-refractivity contribution in [2.24, 2.45) is 0 Å². The van der Waals surface area contributed by atoms with Gasteiger partial charge < -0.3 is 5.32 Å². The van der Waals surface area contributed by atoms with Gasteiger partial charge in [0.25, 0.3) is 5.91 Å². The average molecular weight is 485 g/mol. The van der Waals surface area contributed by atoms with Crippen LogP contribution in [0.15, 0.2) is 58.5 Å². The molecule has 0 radical (unpaired) electrons. The van der Waals surface area contributed by atoms with Crippen molar-refractivity contribution in [2.45, 2.75) is 44.2 Å². The van der Waals surface area contributed by atoms with E-state index in [1.165, 1.54) is 33.3 Å². The Bertz CT molecular complexity index is 1310. The minimum Gasteiger partial charge on any atom is -0.350 e. The first kappa shape index (κ1) is 23.8. The van der Waals surface area contributed by atoms with Crippen LogP contribution in [0, 0.1) is 0 Å². The van der Waals surface area contributed by atoms with E-state index in [0.717, 1.165) is 18.4 Å². The van der Waals surface area contributed by atoms with Gasteiger partial charge in [0.05, 0.1) is 11.4 Å². The zero-order chi connectivity index (χ0) is 24.3. The Morgan fingerprint density at radius 3 is 2.44 bits per heavy atom. The van der Waals surface area contributed by atoms with E-state index in [1.807, 2.05) is 6.07 Å². The zero-order valence-electron chi connectivity index (χ0n) is 19.2. The highest BCUT2D eigenvalue weighted by atomic mass is 32.2. The monoisotopic (exact) mass is 484 g/mol. The Kier molecular flexibility index (Phi) is 6.94. The highest BCUT2D eigenvalue weighted by Crippen LogP contribution is 2.36. The van der Waals surface area contributed by atoms with Gasteiger partial charge in [-0.05, 0) is 49.2 Å². The third-order valence-corrected chi connectivity index (χ3v) is 7.84. The van der Waals surface area contributed by atoms with Crippen LogP contribution in [0.3, 0.4) is 0 Å². The third kappa shape index (κ3) is 4.80. The largest absolute Gasteiger partial charge is 0.350 e. The number of sulfonamides is 1. The van der Waals surface area contributed by atoms with E-state index in [9.17, 15) is 18.0 Å². The second-order valence-electron chi connectivity index (χ2n) is 8.04. The molecule has 11 heteroatoms. The van der Waals surface area contributed by atoms with E-state index in [2.05, 4.69) is 15.4 Å². The van der Waals surface area contributed by atoms with Gasteiger partial charge in [-0.15, -0.1) is 5.10 Å². The first-order chi connectivity index (χ1) is 16.4. The SMILES string of the molecule is CCN(CC)S(=O)(=O)c1ccc(C(=O)NCCn2nc(-c3cccnc3)n(C3CC3)c2=O)cc1. The van der Waals surface area contributed by atoms with Crippen molar-refractivity contribution in [3.63, 3.8) is 0 Å². The molecule has 1 aliphatic rings. The number of hydrogen-bond donors (Lipinski definition) is 1. The van der Waals surface area contributed by atoms with Crippen LogP contribution in [-0.4, -0.2) is 57.6 Å². The number of rotatable bonds is 10. The quantitative estimate of drug-likeness (QED) is 0.469. The number of nitrogens with zero attached hydrogens (tertiary/aromatic N) is 5. The van der Waals surface area contributed by atoms with Crippen LogP contribution in [0.2, 0.25) is 0 Å². The number of carbonyl (C=O) groups excluding carboxylic acids is 1. The lowest BCUT2D eigenvalue weighted by atomic mass is 10.2. The highest BCUT2D eigenvalue weighted by Gasteiger charge is 2.30. The van der Waals surface area contributed by atoms with E-state index in [0.29, 0.717) is 24.5 Å². The summed E-state index contributed by atoms with van der Waals surface area (Å²) in [4.78, 5) is 29.7. The maximum atomic E-state index is 12.9. The summed E-state index contributed by atoms with van der Waals surface area (Å²) in [6.07, 6.45) is 5.23. The van der Waals surface area contributed by atoms with Gasteiger partial charge in [0.1, 0.15) is 0 Å². The number of benzene rings is 1. The molecule has 0 aliphatic heterocycles. The zero-order valence-corrected chi connectivity index (χ0v) is 20.0. The van der Waals surface area contributed by atoms with Crippen molar-refractivity contribution in [3.05, 3.63) is 64.8 Å². The highest BCUT2D eigenvalue weighted by molar-refractivity contribution is 7.89. The van der Waals surface area contributed by atoms with Gasteiger partial charge in [-0.3, -0.25) is 14.3 Å². The topological polar surface area (TPSA) is 119 Å². The van der Waals surface area contributed by atoms with Gasteiger partial charge in [-0.2, -0.15) is 4.31 Å². The van der Waals surface area contributed by atoms with Crippen LogP contribution in [0.5, 0.6) is 0 Å². The maximum Gasteiger partial charge on any atom is 0.346 e. The van der Waals surface area contributed by atoms with Crippen LogP contribution >= 0.6 is 0 Å². The Morgan fingerprint density at radius 1 is 1.15 bits per heavy atom. The van der Waals surface area contributed by atoms with Crippen LogP contribution < -0.4 is 11.0 Å². The van der Waals surface area contributed by atoms with E-state index >= 15 is 0 Å². The molecule has 2 aromatic heterocycles. The molecular weight excluding hydrogens is 456 g/mol. The van der Waals surface area contributed by atoms with Gasteiger partial charge in [0, 0.05) is 49.2 Å². The van der Waals surface area contributed by atoms with Gasteiger partial charge in [-0.1, -0.05) is 13.8 Å². The maximum absolute atomic E-state index is 12.9. The van der Waals surface area contributed by atoms with Gasteiger partial charge in [0.2, 0.25) is 10.0 Å². The molecule has 2 heterocycles. The molecule has 1 saturated carbocycles. The molecular formula is C23H28N6O4S. The third-order valence-electron chi connectivity index (χ3n) is 5.77. The molecule has 0 saturated heterocycles. The number of aromatic nitrogens is 4. The summed E-state index contributed by atoms with van der Waals surface area (Å²) >= 11 is 0. The number of nitrogens with one attached hydrogen (secondary N) is 1. The summed E-state index contributed by atoms with van der Waals surface area (Å²) in [6, 6.07) is 9.66. The number of pyridine rings is 1. The molecule has 34 heavy (non-hydrogen) atoms. The fourth-order valence-corrected chi connectivity index (χ4v) is 5.25. The second kappa shape index (κ2) is 9.90. The van der Waals surface area contributed by atoms with Crippen molar-refractivity contribution in [2.75, 3.05) is 19.6 Å². The van der Waals surface area contributed by atoms with Gasteiger partial charge in [-0.25, -0.2) is 17.9 Å². The lowest BCUT2D eigenvalue weighted by Gasteiger charge is -2.18. The summed E-state index contributed by atoms with van der Waals surface area (Å²) in [5.74, 6) is 0.228. The van der Waals surface area contributed by atoms with Crippen molar-refractivity contribution in [1.82, 2.24) is 29.0 Å². The second-order valence-corrected chi connectivity index (χ2v) is 9.98. The van der Waals surface area contributed by atoms with Crippen LogP contribution in [0.1, 0.15) is 43.1 Å². The molecule has 0 atom stereocenters. The van der Waals surface area contributed by atoms with E-state index in [1.54, 1.807) is 36.9 Å². The lowest BCUT2D eigenvalue weighted by molar-refractivity contribution is 0.0951. The van der Waals surface area contributed by atoms with E-state index in [4.69, 9.17) is 0 Å². The van der Waals surface area contributed by atoms with Crippen molar-refractivity contribution < 1.29 is 13.2 Å². The molecule has 1 amide bonds. The Hall–Kier alpha value is -3.31. The van der Waals surface area contributed by atoms with Crippen molar-refractivity contribution >= 4 is 15.9 Å². The molecule has 180 valence electrons. The Morgan fingerprint density at radius 2 is 1.85 bits per heavy atom. The summed E-state index contributed by atoms with van der Waals surface area (Å²) in [6.45, 7) is 4.72. The van der Waals surface area contributed by atoms with Crippen molar-refractivity contribution in [1.29, 1.82) is 0 Å². The Balaban J connectivity index is 1.42. The van der Waals surface area contributed by atoms with Crippen LogP contribution in [0.25, 0.3) is 11.4 Å². The predicted molar refractivity (Wildman–Crippen MR) is 127 cm³/mol. The van der Waals surface area contributed by atoms with E-state index in [-0.39, 0.29) is 35.6 Å². The fraction of sp³-hybridized carbons (Fsp3) is 0.391. The summed E-state index contributed by atoms with van der Waals surface area (Å²) < 4.78 is 29.6. The molecule has 4 rings (SSSR count). The Labute approximate surface area is 198 Å². The molecule has 1 fully saturated rings. The molecule has 1 aromatic carbocycles. The summed E-state index contributed by atoms with van der Waals surface area (Å²) in [7, 11) is -3.58. The van der Waals surface area contributed by atoms with Gasteiger partial charge >= 0.3 is 5.69 Å². The number of carbonyl (C=O) groups is 1. The van der Waals surface area contributed by atoms with Crippen molar-refractivity contribution in [3.8, 4) is 11.4 Å². The normalized spacial score (nSPS) is 13.9. The van der Waals surface area contributed by atoms with E-state index < -0.39 is 10.0 Å². The van der Waals surface area contributed by atoms with Crippen LogP contribution in [-0.2, 0) is 16.6 Å². The van der Waals surface area contributed by atoms with Gasteiger partial charge in [0.15, 0.2) is 5.82 Å². The summed E-state index contributed by atoms with van der Waals surface area (Å²) in [5, 5.41) is 7.26. The first-order valence-electron chi connectivity index (χ1n) is 11.3. The molecule has 0 spiro atoms.